The molecule has 0 unspecified atom stereocenters. The number of H-pyrrole nitrogens is 1. The number of ether oxygens (including phenoxy) is 1. The van der Waals surface area contributed by atoms with Crippen LogP contribution in [-0.2, 0) is 4.74 Å². The molecule has 3 N–H and O–H groups in total. The number of aromatic amines is 1. The maximum Gasteiger partial charge on any atom is 0.163 e. The second kappa shape index (κ2) is 10.0. The topological polar surface area (TPSA) is 87.8 Å². The molecule has 0 aromatic carbocycles. The van der Waals surface area contributed by atoms with Crippen molar-refractivity contribution in [3.05, 3.63) is 53.5 Å². The predicted molar refractivity (Wildman–Crippen MR) is 118 cm³/mol. The van der Waals surface area contributed by atoms with Crippen LogP contribution in [0.1, 0.15) is 45.1 Å². The van der Waals surface area contributed by atoms with Gasteiger partial charge >= 0.3 is 0 Å². The first kappa shape index (κ1) is 20.8. The smallest absolute Gasteiger partial charge is 0.163 e. The van der Waals surface area contributed by atoms with Crippen molar-refractivity contribution >= 4 is 23.0 Å². The standard InChI is InChI=1S/C22H30N6O/c1-5-6-7-8-18(15(2)3)22-25-19(23-17-9-11-29-12-10-17)14-20(26-22)24-21-13-16(4)27-28-21/h5-8,13-14,17H,9-12H2,1-4H3,(H3,23,24,25,26,27,28)/b6-5-,8-7-. The van der Waals surface area contributed by atoms with Crippen molar-refractivity contribution < 1.29 is 4.74 Å². The van der Waals surface area contributed by atoms with E-state index in [4.69, 9.17) is 14.7 Å². The Morgan fingerprint density at radius 3 is 2.52 bits per heavy atom. The van der Waals surface area contributed by atoms with E-state index >= 15 is 0 Å². The molecular formula is C22H30N6O. The Morgan fingerprint density at radius 1 is 1.10 bits per heavy atom. The van der Waals surface area contributed by atoms with Gasteiger partial charge in [-0.3, -0.25) is 5.10 Å². The zero-order valence-corrected chi connectivity index (χ0v) is 17.6. The highest BCUT2D eigenvalue weighted by Gasteiger charge is 2.16. The van der Waals surface area contributed by atoms with Crippen LogP contribution in [0.15, 0.2) is 42.0 Å². The predicted octanol–water partition coefficient (Wildman–Crippen LogP) is 4.77. The summed E-state index contributed by atoms with van der Waals surface area (Å²) in [6.07, 6.45) is 9.99. The minimum Gasteiger partial charge on any atom is -0.381 e. The highest BCUT2D eigenvalue weighted by atomic mass is 16.5. The molecule has 3 heterocycles. The van der Waals surface area contributed by atoms with Crippen molar-refractivity contribution in [1.82, 2.24) is 20.2 Å². The highest BCUT2D eigenvalue weighted by molar-refractivity contribution is 5.74. The van der Waals surface area contributed by atoms with E-state index in [1.165, 1.54) is 0 Å². The van der Waals surface area contributed by atoms with Crippen LogP contribution in [0.25, 0.3) is 5.57 Å². The van der Waals surface area contributed by atoms with Crippen molar-refractivity contribution in [3.8, 4) is 0 Å². The maximum absolute atomic E-state index is 5.47. The third kappa shape index (κ3) is 6.02. The SMILES string of the molecule is C/C=C\C=C/C(=C(C)C)c1nc(Nc2cc(C)[nH]n2)cc(NC2CCOCC2)n1. The summed E-state index contributed by atoms with van der Waals surface area (Å²) in [6.45, 7) is 9.66. The Kier molecular flexibility index (Phi) is 7.19. The molecule has 29 heavy (non-hydrogen) atoms. The lowest BCUT2D eigenvalue weighted by molar-refractivity contribution is 0.0904. The summed E-state index contributed by atoms with van der Waals surface area (Å²) in [5.74, 6) is 2.91. The summed E-state index contributed by atoms with van der Waals surface area (Å²) in [6, 6.07) is 4.23. The number of nitrogens with zero attached hydrogens (tertiary/aromatic N) is 3. The van der Waals surface area contributed by atoms with Gasteiger partial charge in [-0.15, -0.1) is 0 Å². The van der Waals surface area contributed by atoms with Gasteiger partial charge in [-0.1, -0.05) is 29.9 Å². The first-order valence-electron chi connectivity index (χ1n) is 10.0. The number of aromatic nitrogens is 4. The average Bonchev–Trinajstić information content (AvgIpc) is 3.10. The van der Waals surface area contributed by atoms with Crippen molar-refractivity contribution in [2.45, 2.75) is 46.6 Å². The molecule has 0 saturated carbocycles. The van der Waals surface area contributed by atoms with Gasteiger partial charge in [-0.2, -0.15) is 5.10 Å². The second-order valence-electron chi connectivity index (χ2n) is 7.35. The Bertz CT molecular complexity index is 902. The number of nitrogens with one attached hydrogen (secondary N) is 3. The average molecular weight is 395 g/mol. The lowest BCUT2D eigenvalue weighted by atomic mass is 10.1. The quantitative estimate of drug-likeness (QED) is 0.587. The third-order valence-corrected chi connectivity index (χ3v) is 4.61. The van der Waals surface area contributed by atoms with Gasteiger partial charge in [0.25, 0.3) is 0 Å². The highest BCUT2D eigenvalue weighted by Crippen LogP contribution is 2.24. The molecule has 2 aromatic rings. The van der Waals surface area contributed by atoms with Gasteiger partial charge in [-0.05, 0) is 40.5 Å². The summed E-state index contributed by atoms with van der Waals surface area (Å²) >= 11 is 0. The monoisotopic (exact) mass is 394 g/mol. The second-order valence-corrected chi connectivity index (χ2v) is 7.35. The van der Waals surface area contributed by atoms with Gasteiger partial charge < -0.3 is 15.4 Å². The Labute approximate surface area is 172 Å². The molecule has 0 aliphatic carbocycles. The molecule has 2 aromatic heterocycles. The van der Waals surface area contributed by atoms with Crippen molar-refractivity contribution in [2.75, 3.05) is 23.8 Å². The van der Waals surface area contributed by atoms with E-state index in [9.17, 15) is 0 Å². The third-order valence-electron chi connectivity index (χ3n) is 4.61. The molecule has 1 aliphatic rings. The molecule has 154 valence electrons. The Morgan fingerprint density at radius 2 is 1.86 bits per heavy atom. The maximum atomic E-state index is 5.47. The molecule has 0 radical (unpaired) electrons. The molecule has 1 fully saturated rings. The number of anilines is 3. The summed E-state index contributed by atoms with van der Waals surface area (Å²) < 4.78 is 5.47. The first-order valence-corrected chi connectivity index (χ1v) is 10.0. The van der Waals surface area contributed by atoms with E-state index in [0.717, 1.165) is 54.5 Å². The number of hydrogen-bond acceptors (Lipinski definition) is 6. The van der Waals surface area contributed by atoms with E-state index in [-0.39, 0.29) is 0 Å². The van der Waals surface area contributed by atoms with E-state index in [0.29, 0.717) is 17.7 Å². The fourth-order valence-electron chi connectivity index (χ4n) is 3.10. The van der Waals surface area contributed by atoms with Crippen LogP contribution in [0.4, 0.5) is 17.5 Å². The van der Waals surface area contributed by atoms with Crippen LogP contribution < -0.4 is 10.6 Å². The largest absolute Gasteiger partial charge is 0.381 e. The number of aryl methyl sites for hydroxylation is 1. The minimum absolute atomic E-state index is 0.348. The van der Waals surface area contributed by atoms with E-state index in [1.54, 1.807) is 0 Å². The zero-order valence-electron chi connectivity index (χ0n) is 17.6. The lowest BCUT2D eigenvalue weighted by Crippen LogP contribution is -2.28. The molecule has 1 saturated heterocycles. The van der Waals surface area contributed by atoms with Crippen LogP contribution in [0.5, 0.6) is 0 Å². The molecule has 3 rings (SSSR count). The van der Waals surface area contributed by atoms with Gasteiger partial charge in [0.15, 0.2) is 11.6 Å². The summed E-state index contributed by atoms with van der Waals surface area (Å²) in [4.78, 5) is 9.57. The van der Waals surface area contributed by atoms with Crippen molar-refractivity contribution in [1.29, 1.82) is 0 Å². The van der Waals surface area contributed by atoms with E-state index in [1.807, 2.05) is 50.3 Å². The van der Waals surface area contributed by atoms with Gasteiger partial charge in [0, 0.05) is 42.7 Å². The van der Waals surface area contributed by atoms with Crippen molar-refractivity contribution in [2.24, 2.45) is 0 Å². The molecule has 1 aliphatic heterocycles. The minimum atomic E-state index is 0.348. The Balaban J connectivity index is 1.95. The molecule has 7 heteroatoms. The molecule has 0 spiro atoms. The van der Waals surface area contributed by atoms with Crippen LogP contribution >= 0.6 is 0 Å². The first-order chi connectivity index (χ1) is 14.0. The van der Waals surface area contributed by atoms with Gasteiger partial charge in [0.05, 0.1) is 0 Å². The zero-order chi connectivity index (χ0) is 20.6. The van der Waals surface area contributed by atoms with Crippen LogP contribution in [0.3, 0.4) is 0 Å². The molecule has 0 bridgehead atoms. The van der Waals surface area contributed by atoms with Crippen molar-refractivity contribution in [3.63, 3.8) is 0 Å². The van der Waals surface area contributed by atoms with E-state index in [2.05, 4.69) is 34.7 Å². The fourth-order valence-corrected chi connectivity index (χ4v) is 3.10. The fraction of sp³-hybridized carbons (Fsp3) is 0.409. The molecular weight excluding hydrogens is 364 g/mol. The summed E-state index contributed by atoms with van der Waals surface area (Å²) in [5, 5.41) is 14.0. The summed E-state index contributed by atoms with van der Waals surface area (Å²) in [7, 11) is 0. The summed E-state index contributed by atoms with van der Waals surface area (Å²) in [5.41, 5.74) is 3.14. The molecule has 0 amide bonds. The van der Waals surface area contributed by atoms with Crippen LogP contribution in [0.2, 0.25) is 0 Å². The lowest BCUT2D eigenvalue weighted by Gasteiger charge is -2.24. The van der Waals surface area contributed by atoms with Crippen LogP contribution in [-0.4, -0.2) is 39.4 Å². The van der Waals surface area contributed by atoms with Crippen LogP contribution in [0, 0.1) is 6.92 Å². The number of hydrogen-bond donors (Lipinski definition) is 3. The number of rotatable bonds is 7. The normalized spacial score (nSPS) is 15.2. The van der Waals surface area contributed by atoms with Gasteiger partial charge in [0.2, 0.25) is 0 Å². The van der Waals surface area contributed by atoms with Gasteiger partial charge in [-0.25, -0.2) is 9.97 Å². The molecule has 0 atom stereocenters. The van der Waals surface area contributed by atoms with Gasteiger partial charge in [0.1, 0.15) is 11.6 Å². The molecule has 7 nitrogen and oxygen atoms in total. The van der Waals surface area contributed by atoms with E-state index < -0.39 is 0 Å². The Hall–Kier alpha value is -2.93. The number of allylic oxidation sites excluding steroid dienone is 6.